The van der Waals surface area contributed by atoms with Crippen LogP contribution < -0.4 is 9.80 Å². The van der Waals surface area contributed by atoms with Gasteiger partial charge in [-0.05, 0) is 18.2 Å². The Morgan fingerprint density at radius 1 is 0.893 bits per heavy atom. The molecule has 1 fully saturated rings. The van der Waals surface area contributed by atoms with Gasteiger partial charge in [0.05, 0.1) is 5.56 Å². The summed E-state index contributed by atoms with van der Waals surface area (Å²) in [5, 5.41) is 0. The quantitative estimate of drug-likeness (QED) is 0.690. The fourth-order valence-electron chi connectivity index (χ4n) is 3.12. The largest absolute Gasteiger partial charge is 0.337 e. The molecule has 1 aromatic carbocycles. The molecule has 142 valence electrons. The maximum Gasteiger partial charge on any atom is 0.257 e. The number of nitrogens with zero attached hydrogens (tertiary/aromatic N) is 7. The molecule has 1 aliphatic heterocycles. The molecule has 2 aromatic heterocycles. The molecule has 1 aliphatic rings. The van der Waals surface area contributed by atoms with Crippen molar-refractivity contribution >= 4 is 23.5 Å². The lowest BCUT2D eigenvalue weighted by Gasteiger charge is -2.34. The number of carbonyl (C=O) groups is 1. The van der Waals surface area contributed by atoms with Crippen LogP contribution in [0.15, 0.2) is 61.2 Å². The number of amides is 1. The van der Waals surface area contributed by atoms with Crippen molar-refractivity contribution in [3.05, 3.63) is 66.7 Å². The first-order chi connectivity index (χ1) is 13.7. The summed E-state index contributed by atoms with van der Waals surface area (Å²) in [4.78, 5) is 35.8. The van der Waals surface area contributed by atoms with Gasteiger partial charge in [0.2, 0.25) is 11.9 Å². The van der Waals surface area contributed by atoms with Crippen LogP contribution in [0, 0.1) is 0 Å². The van der Waals surface area contributed by atoms with Crippen LogP contribution in [0.4, 0.5) is 17.6 Å². The summed E-state index contributed by atoms with van der Waals surface area (Å²) in [7, 11) is 1.90. The number of benzene rings is 1. The molecule has 8 heteroatoms. The molecule has 0 unspecified atom stereocenters. The van der Waals surface area contributed by atoms with E-state index in [1.54, 1.807) is 30.9 Å². The molecule has 0 atom stereocenters. The summed E-state index contributed by atoms with van der Waals surface area (Å²) in [5.74, 6) is 1.20. The van der Waals surface area contributed by atoms with E-state index in [4.69, 9.17) is 0 Å². The van der Waals surface area contributed by atoms with Gasteiger partial charge in [-0.15, -0.1) is 0 Å². The Morgan fingerprint density at radius 2 is 1.54 bits per heavy atom. The first kappa shape index (κ1) is 17.8. The number of piperazine rings is 1. The van der Waals surface area contributed by atoms with Crippen molar-refractivity contribution in [3.8, 4) is 0 Å². The SMILES string of the molecule is CN(c1ccccc1)c1ncc(C(=O)N2CCN(c3ncccn3)CC2)cn1. The molecule has 0 spiro atoms. The van der Waals surface area contributed by atoms with Gasteiger partial charge < -0.3 is 14.7 Å². The zero-order valence-electron chi connectivity index (χ0n) is 15.6. The van der Waals surface area contributed by atoms with Gasteiger partial charge in [-0.25, -0.2) is 19.9 Å². The number of rotatable bonds is 4. The van der Waals surface area contributed by atoms with E-state index in [0.717, 1.165) is 5.69 Å². The third kappa shape index (κ3) is 3.75. The zero-order valence-corrected chi connectivity index (χ0v) is 15.6. The maximum atomic E-state index is 12.8. The predicted octanol–water partition coefficient (Wildman–Crippen LogP) is 2.00. The number of para-hydroxylation sites is 1. The molecule has 3 aromatic rings. The number of carbonyl (C=O) groups excluding carboxylic acids is 1. The first-order valence-corrected chi connectivity index (χ1v) is 9.14. The van der Waals surface area contributed by atoms with Gasteiger partial charge in [0.15, 0.2) is 0 Å². The lowest BCUT2D eigenvalue weighted by atomic mass is 10.2. The van der Waals surface area contributed by atoms with Crippen molar-refractivity contribution in [2.45, 2.75) is 0 Å². The molecule has 0 bridgehead atoms. The molecular formula is C20H21N7O. The van der Waals surface area contributed by atoms with E-state index in [0.29, 0.717) is 43.6 Å². The Morgan fingerprint density at radius 3 is 2.18 bits per heavy atom. The minimum Gasteiger partial charge on any atom is -0.337 e. The Hall–Kier alpha value is -3.55. The van der Waals surface area contributed by atoms with E-state index in [-0.39, 0.29) is 5.91 Å². The monoisotopic (exact) mass is 375 g/mol. The van der Waals surface area contributed by atoms with Crippen LogP contribution in [-0.2, 0) is 0 Å². The topological polar surface area (TPSA) is 78.4 Å². The molecular weight excluding hydrogens is 354 g/mol. The van der Waals surface area contributed by atoms with Crippen molar-refractivity contribution in [1.29, 1.82) is 0 Å². The Labute approximate surface area is 163 Å². The lowest BCUT2D eigenvalue weighted by molar-refractivity contribution is 0.0745. The highest BCUT2D eigenvalue weighted by Crippen LogP contribution is 2.19. The van der Waals surface area contributed by atoms with Crippen LogP contribution in [0.3, 0.4) is 0 Å². The summed E-state index contributed by atoms with van der Waals surface area (Å²) >= 11 is 0. The summed E-state index contributed by atoms with van der Waals surface area (Å²) in [5.41, 5.74) is 1.48. The molecule has 28 heavy (non-hydrogen) atoms. The second-order valence-corrected chi connectivity index (χ2v) is 6.49. The minimum atomic E-state index is -0.0532. The van der Waals surface area contributed by atoms with Crippen molar-refractivity contribution in [2.75, 3.05) is 43.0 Å². The molecule has 0 saturated carbocycles. The van der Waals surface area contributed by atoms with Gasteiger partial charge in [0, 0.05) is 63.7 Å². The molecule has 4 rings (SSSR count). The molecule has 1 saturated heterocycles. The number of anilines is 3. The average Bonchev–Trinajstić information content (AvgIpc) is 2.79. The fourth-order valence-corrected chi connectivity index (χ4v) is 3.12. The van der Waals surface area contributed by atoms with Crippen molar-refractivity contribution in [3.63, 3.8) is 0 Å². The van der Waals surface area contributed by atoms with E-state index in [2.05, 4.69) is 24.8 Å². The first-order valence-electron chi connectivity index (χ1n) is 9.14. The summed E-state index contributed by atoms with van der Waals surface area (Å²) in [6, 6.07) is 11.6. The smallest absolute Gasteiger partial charge is 0.257 e. The van der Waals surface area contributed by atoms with E-state index in [1.807, 2.05) is 47.2 Å². The van der Waals surface area contributed by atoms with Crippen molar-refractivity contribution < 1.29 is 4.79 Å². The highest BCUT2D eigenvalue weighted by Gasteiger charge is 2.24. The second-order valence-electron chi connectivity index (χ2n) is 6.49. The molecule has 0 aliphatic carbocycles. The number of hydrogen-bond acceptors (Lipinski definition) is 7. The number of aromatic nitrogens is 4. The summed E-state index contributed by atoms with van der Waals surface area (Å²) in [6.07, 6.45) is 6.64. The summed E-state index contributed by atoms with van der Waals surface area (Å²) < 4.78 is 0. The highest BCUT2D eigenvalue weighted by molar-refractivity contribution is 5.93. The normalized spacial score (nSPS) is 14.0. The standard InChI is InChI=1S/C20H21N7O/c1-25(17-6-3-2-4-7-17)19-23-14-16(15-24-19)18(28)26-10-12-27(13-11-26)20-21-8-5-9-22-20/h2-9,14-15H,10-13H2,1H3. The van der Waals surface area contributed by atoms with Crippen LogP contribution >= 0.6 is 0 Å². The lowest BCUT2D eigenvalue weighted by Crippen LogP contribution is -2.49. The second kappa shape index (κ2) is 7.99. The predicted molar refractivity (Wildman–Crippen MR) is 107 cm³/mol. The van der Waals surface area contributed by atoms with Crippen LogP contribution in [0.2, 0.25) is 0 Å². The van der Waals surface area contributed by atoms with E-state index < -0.39 is 0 Å². The van der Waals surface area contributed by atoms with Gasteiger partial charge >= 0.3 is 0 Å². The molecule has 1 amide bonds. The van der Waals surface area contributed by atoms with Crippen LogP contribution in [0.5, 0.6) is 0 Å². The van der Waals surface area contributed by atoms with Gasteiger partial charge in [0.1, 0.15) is 0 Å². The Balaban J connectivity index is 1.39. The maximum absolute atomic E-state index is 12.8. The molecule has 0 N–H and O–H groups in total. The van der Waals surface area contributed by atoms with E-state index in [9.17, 15) is 4.79 Å². The average molecular weight is 375 g/mol. The minimum absolute atomic E-state index is 0.0532. The van der Waals surface area contributed by atoms with Gasteiger partial charge in [0.25, 0.3) is 5.91 Å². The van der Waals surface area contributed by atoms with Crippen molar-refractivity contribution in [2.24, 2.45) is 0 Å². The van der Waals surface area contributed by atoms with Gasteiger partial charge in [-0.1, -0.05) is 18.2 Å². The summed E-state index contributed by atoms with van der Waals surface area (Å²) in [6.45, 7) is 2.63. The fraction of sp³-hybridized carbons (Fsp3) is 0.250. The zero-order chi connectivity index (χ0) is 19.3. The van der Waals surface area contributed by atoms with E-state index >= 15 is 0 Å². The van der Waals surface area contributed by atoms with Crippen LogP contribution in [0.1, 0.15) is 10.4 Å². The Bertz CT molecular complexity index is 910. The van der Waals surface area contributed by atoms with E-state index in [1.165, 1.54) is 0 Å². The third-order valence-electron chi connectivity index (χ3n) is 4.73. The molecule has 8 nitrogen and oxygen atoms in total. The molecule has 3 heterocycles. The number of hydrogen-bond donors (Lipinski definition) is 0. The van der Waals surface area contributed by atoms with Crippen molar-refractivity contribution in [1.82, 2.24) is 24.8 Å². The van der Waals surface area contributed by atoms with Crippen LogP contribution in [0.25, 0.3) is 0 Å². The van der Waals surface area contributed by atoms with Crippen LogP contribution in [-0.4, -0.2) is 64.0 Å². The Kier molecular flexibility index (Phi) is 5.09. The highest BCUT2D eigenvalue weighted by atomic mass is 16.2. The van der Waals surface area contributed by atoms with Gasteiger partial charge in [-0.3, -0.25) is 4.79 Å². The molecule has 0 radical (unpaired) electrons. The third-order valence-corrected chi connectivity index (χ3v) is 4.73. The van der Waals surface area contributed by atoms with Gasteiger partial charge in [-0.2, -0.15) is 0 Å².